The van der Waals surface area contributed by atoms with Crippen molar-refractivity contribution in [1.82, 2.24) is 10.2 Å². The molecule has 5 nitrogen and oxygen atoms in total. The lowest BCUT2D eigenvalue weighted by molar-refractivity contribution is -0.141. The summed E-state index contributed by atoms with van der Waals surface area (Å²) in [7, 11) is 1.81. The van der Waals surface area contributed by atoms with E-state index in [0.29, 0.717) is 5.92 Å². The number of amides is 2. The SMILES string of the molecule is CC(NC(=O)N(C)CC1CC2CCC1C2)C(C)C(=O)O. The maximum absolute atomic E-state index is 12.1. The van der Waals surface area contributed by atoms with Crippen molar-refractivity contribution in [3.05, 3.63) is 0 Å². The van der Waals surface area contributed by atoms with Crippen LogP contribution in [0.15, 0.2) is 0 Å². The highest BCUT2D eigenvalue weighted by Gasteiger charge is 2.40. The molecule has 2 fully saturated rings. The van der Waals surface area contributed by atoms with Crippen LogP contribution in [-0.2, 0) is 4.79 Å². The summed E-state index contributed by atoms with van der Waals surface area (Å²) in [6.45, 7) is 4.15. The van der Waals surface area contributed by atoms with Gasteiger partial charge in [0.2, 0.25) is 0 Å². The third-order valence-corrected chi connectivity index (χ3v) is 5.23. The average molecular weight is 282 g/mol. The predicted octanol–water partition coefficient (Wildman–Crippen LogP) is 2.17. The molecule has 2 aliphatic carbocycles. The number of urea groups is 1. The Morgan fingerprint density at radius 2 is 2.00 bits per heavy atom. The fourth-order valence-electron chi connectivity index (χ4n) is 3.68. The maximum atomic E-state index is 12.1. The maximum Gasteiger partial charge on any atom is 0.317 e. The summed E-state index contributed by atoms with van der Waals surface area (Å²) in [5.74, 6) is 0.859. The molecule has 5 unspecified atom stereocenters. The van der Waals surface area contributed by atoms with Crippen LogP contribution in [0.5, 0.6) is 0 Å². The minimum Gasteiger partial charge on any atom is -0.481 e. The zero-order valence-corrected chi connectivity index (χ0v) is 12.6. The lowest BCUT2D eigenvalue weighted by Crippen LogP contribution is -2.47. The van der Waals surface area contributed by atoms with Crippen LogP contribution >= 0.6 is 0 Å². The molecular formula is C15H26N2O3. The number of hydrogen-bond acceptors (Lipinski definition) is 2. The summed E-state index contributed by atoms with van der Waals surface area (Å²) in [5, 5.41) is 11.7. The molecule has 2 N–H and O–H groups in total. The topological polar surface area (TPSA) is 69.6 Å². The van der Waals surface area contributed by atoms with Crippen LogP contribution in [0, 0.1) is 23.7 Å². The monoisotopic (exact) mass is 282 g/mol. The van der Waals surface area contributed by atoms with Crippen molar-refractivity contribution < 1.29 is 14.7 Å². The van der Waals surface area contributed by atoms with Crippen molar-refractivity contribution in [3.63, 3.8) is 0 Å². The van der Waals surface area contributed by atoms with Crippen LogP contribution in [-0.4, -0.2) is 41.6 Å². The minimum atomic E-state index is -0.881. The highest BCUT2D eigenvalue weighted by atomic mass is 16.4. The van der Waals surface area contributed by atoms with Crippen LogP contribution in [0.1, 0.15) is 39.5 Å². The lowest BCUT2D eigenvalue weighted by Gasteiger charge is -2.29. The van der Waals surface area contributed by atoms with E-state index in [2.05, 4.69) is 5.32 Å². The number of carbonyl (C=O) groups excluding carboxylic acids is 1. The van der Waals surface area contributed by atoms with Crippen molar-refractivity contribution in [2.24, 2.45) is 23.7 Å². The second-order valence-electron chi connectivity index (χ2n) is 6.68. The van der Waals surface area contributed by atoms with Gasteiger partial charge in [-0.25, -0.2) is 4.79 Å². The van der Waals surface area contributed by atoms with E-state index in [-0.39, 0.29) is 12.1 Å². The summed E-state index contributed by atoms with van der Waals surface area (Å²) >= 11 is 0. The van der Waals surface area contributed by atoms with E-state index in [9.17, 15) is 9.59 Å². The summed E-state index contributed by atoms with van der Waals surface area (Å²) in [6, 6.07) is -0.518. The molecule has 20 heavy (non-hydrogen) atoms. The number of nitrogens with zero attached hydrogens (tertiary/aromatic N) is 1. The summed E-state index contributed by atoms with van der Waals surface area (Å²) < 4.78 is 0. The summed E-state index contributed by atoms with van der Waals surface area (Å²) in [6.07, 6.45) is 5.28. The molecule has 0 aromatic rings. The average Bonchev–Trinajstić information content (AvgIpc) is 2.99. The molecule has 0 aromatic carbocycles. The first-order valence-corrected chi connectivity index (χ1v) is 7.63. The number of nitrogens with one attached hydrogen (secondary N) is 1. The minimum absolute atomic E-state index is 0.159. The molecule has 0 aliphatic heterocycles. The molecule has 0 heterocycles. The van der Waals surface area contributed by atoms with Gasteiger partial charge in [-0.15, -0.1) is 0 Å². The number of rotatable bonds is 5. The van der Waals surface area contributed by atoms with Gasteiger partial charge in [-0.05, 0) is 50.9 Å². The number of carboxylic acids is 1. The Labute approximate surface area is 120 Å². The van der Waals surface area contributed by atoms with E-state index in [1.165, 1.54) is 25.7 Å². The molecule has 2 saturated carbocycles. The molecule has 5 atom stereocenters. The van der Waals surface area contributed by atoms with Crippen molar-refractivity contribution >= 4 is 12.0 Å². The zero-order chi connectivity index (χ0) is 14.9. The Kier molecular flexibility index (Phi) is 4.55. The van der Waals surface area contributed by atoms with Gasteiger partial charge in [-0.1, -0.05) is 6.42 Å². The van der Waals surface area contributed by atoms with Crippen LogP contribution in [0.2, 0.25) is 0 Å². The first kappa shape index (κ1) is 15.1. The van der Waals surface area contributed by atoms with Crippen molar-refractivity contribution in [2.45, 2.75) is 45.6 Å². The van der Waals surface area contributed by atoms with Gasteiger partial charge < -0.3 is 15.3 Å². The standard InChI is InChI=1S/C15H26N2O3/c1-9(14(18)19)10(2)16-15(20)17(3)8-13-7-11-4-5-12(13)6-11/h9-13H,4-8H2,1-3H3,(H,16,20)(H,18,19). The highest BCUT2D eigenvalue weighted by molar-refractivity contribution is 5.76. The lowest BCUT2D eigenvalue weighted by atomic mass is 9.88. The van der Waals surface area contributed by atoms with Gasteiger partial charge in [0.05, 0.1) is 5.92 Å². The Hall–Kier alpha value is -1.26. The van der Waals surface area contributed by atoms with E-state index in [0.717, 1.165) is 18.4 Å². The fourth-order valence-corrected chi connectivity index (χ4v) is 3.68. The Morgan fingerprint density at radius 3 is 2.50 bits per heavy atom. The smallest absolute Gasteiger partial charge is 0.317 e. The number of fused-ring (bicyclic) bond motifs is 2. The van der Waals surface area contributed by atoms with Crippen LogP contribution in [0.3, 0.4) is 0 Å². The summed E-state index contributed by atoms with van der Waals surface area (Å²) in [4.78, 5) is 24.7. The third-order valence-electron chi connectivity index (χ3n) is 5.23. The fraction of sp³-hybridized carbons (Fsp3) is 0.867. The molecule has 0 spiro atoms. The number of hydrogen-bond donors (Lipinski definition) is 2. The second kappa shape index (κ2) is 6.02. The molecule has 0 radical (unpaired) electrons. The second-order valence-corrected chi connectivity index (χ2v) is 6.68. The number of aliphatic carboxylic acids is 1. The Bertz CT molecular complexity index is 385. The van der Waals surface area contributed by atoms with E-state index >= 15 is 0 Å². The van der Waals surface area contributed by atoms with Gasteiger partial charge >= 0.3 is 12.0 Å². The van der Waals surface area contributed by atoms with Gasteiger partial charge in [0.15, 0.2) is 0 Å². The van der Waals surface area contributed by atoms with E-state index in [1.54, 1.807) is 25.8 Å². The van der Waals surface area contributed by atoms with Gasteiger partial charge in [-0.3, -0.25) is 4.79 Å². The third kappa shape index (κ3) is 3.25. The van der Waals surface area contributed by atoms with E-state index in [1.807, 2.05) is 0 Å². The molecule has 114 valence electrons. The number of carbonyl (C=O) groups is 2. The molecule has 2 rings (SSSR count). The van der Waals surface area contributed by atoms with Gasteiger partial charge in [0.25, 0.3) is 0 Å². The van der Waals surface area contributed by atoms with Gasteiger partial charge in [0, 0.05) is 19.6 Å². The van der Waals surface area contributed by atoms with Gasteiger partial charge in [0.1, 0.15) is 0 Å². The molecule has 5 heteroatoms. The molecule has 0 saturated heterocycles. The zero-order valence-electron chi connectivity index (χ0n) is 12.6. The summed E-state index contributed by atoms with van der Waals surface area (Å²) in [5.41, 5.74) is 0. The highest BCUT2D eigenvalue weighted by Crippen LogP contribution is 2.48. The molecule has 2 amide bonds. The first-order chi connectivity index (χ1) is 9.38. The first-order valence-electron chi connectivity index (χ1n) is 7.63. The molecular weight excluding hydrogens is 256 g/mol. The van der Waals surface area contributed by atoms with E-state index < -0.39 is 11.9 Å². The van der Waals surface area contributed by atoms with Crippen LogP contribution in [0.4, 0.5) is 4.79 Å². The van der Waals surface area contributed by atoms with Gasteiger partial charge in [-0.2, -0.15) is 0 Å². The van der Waals surface area contributed by atoms with Crippen molar-refractivity contribution in [3.8, 4) is 0 Å². The van der Waals surface area contributed by atoms with Crippen LogP contribution in [0.25, 0.3) is 0 Å². The molecule has 0 aromatic heterocycles. The number of carboxylic acid groups (broad SMARTS) is 1. The molecule has 2 bridgehead atoms. The Morgan fingerprint density at radius 1 is 1.30 bits per heavy atom. The molecule has 2 aliphatic rings. The van der Waals surface area contributed by atoms with Crippen molar-refractivity contribution in [2.75, 3.05) is 13.6 Å². The quantitative estimate of drug-likeness (QED) is 0.812. The normalized spacial score (nSPS) is 30.9. The van der Waals surface area contributed by atoms with E-state index in [4.69, 9.17) is 5.11 Å². The largest absolute Gasteiger partial charge is 0.481 e. The van der Waals surface area contributed by atoms with Crippen molar-refractivity contribution in [1.29, 1.82) is 0 Å². The van der Waals surface area contributed by atoms with Crippen LogP contribution < -0.4 is 5.32 Å². The predicted molar refractivity (Wildman–Crippen MR) is 76.4 cm³/mol. The Balaban J connectivity index is 1.79.